The summed E-state index contributed by atoms with van der Waals surface area (Å²) >= 11 is 1.88. The molecular weight excluding hydrogens is 216 g/mol. The third-order valence-corrected chi connectivity index (χ3v) is 4.68. The van der Waals surface area contributed by atoms with E-state index in [2.05, 4.69) is 10.8 Å². The number of nitrogens with zero attached hydrogens (tertiary/aromatic N) is 1. The van der Waals surface area contributed by atoms with E-state index in [1.807, 2.05) is 11.8 Å². The normalized spacial score (nSPS) is 34.6. The van der Waals surface area contributed by atoms with Crippen LogP contribution in [0.5, 0.6) is 0 Å². The van der Waals surface area contributed by atoms with Gasteiger partial charge in [0.25, 0.3) is 0 Å². The molecule has 0 amide bonds. The Labute approximate surface area is 103 Å². The maximum Gasteiger partial charge on any atom is 0.0545 e. The lowest BCUT2D eigenvalue weighted by atomic mass is 9.82. The monoisotopic (exact) mass is 238 g/mol. The minimum absolute atomic E-state index is 0.449. The molecule has 0 aliphatic carbocycles. The summed E-state index contributed by atoms with van der Waals surface area (Å²) in [5.41, 5.74) is 6.11. The molecule has 0 aromatic heterocycles. The highest BCUT2D eigenvalue weighted by Crippen LogP contribution is 2.33. The van der Waals surface area contributed by atoms with E-state index in [0.717, 1.165) is 17.8 Å². The minimum atomic E-state index is 0.449. The van der Waals surface area contributed by atoms with E-state index in [0.29, 0.717) is 6.04 Å². The molecule has 2 rings (SSSR count). The molecule has 2 saturated heterocycles. The molecule has 16 heavy (non-hydrogen) atoms. The van der Waals surface area contributed by atoms with Crippen molar-refractivity contribution in [2.45, 2.75) is 50.2 Å². The average Bonchev–Trinajstić information content (AvgIpc) is 2.25. The van der Waals surface area contributed by atoms with E-state index in [9.17, 15) is 0 Å². The third-order valence-electron chi connectivity index (χ3n) is 3.84. The lowest BCUT2D eigenvalue weighted by molar-refractivity contribution is 0.0377. The van der Waals surface area contributed by atoms with Crippen LogP contribution in [0.15, 0.2) is 0 Å². The molecule has 2 bridgehead atoms. The molecule has 2 N–H and O–H groups in total. The second kappa shape index (κ2) is 5.95. The van der Waals surface area contributed by atoms with Crippen LogP contribution in [0.3, 0.4) is 0 Å². The van der Waals surface area contributed by atoms with Crippen molar-refractivity contribution in [2.75, 3.05) is 18.1 Å². The van der Waals surface area contributed by atoms with Crippen molar-refractivity contribution in [1.29, 1.82) is 0 Å². The third kappa shape index (κ3) is 2.94. The molecule has 2 unspecified atom stereocenters. The van der Waals surface area contributed by atoms with Gasteiger partial charge in [0.05, 0.1) is 5.75 Å². The average molecular weight is 238 g/mol. The van der Waals surface area contributed by atoms with Crippen LogP contribution in [0.4, 0.5) is 0 Å². The van der Waals surface area contributed by atoms with E-state index in [1.54, 1.807) is 0 Å². The summed E-state index contributed by atoms with van der Waals surface area (Å²) in [7, 11) is 0. The highest BCUT2D eigenvalue weighted by molar-refractivity contribution is 7.99. The van der Waals surface area contributed by atoms with E-state index >= 15 is 0 Å². The summed E-state index contributed by atoms with van der Waals surface area (Å²) in [5.74, 6) is 4.71. The summed E-state index contributed by atoms with van der Waals surface area (Å²) in [6.07, 6.45) is 11.8. The number of rotatable bonds is 4. The number of thioether (sulfide) groups is 1. The first kappa shape index (κ1) is 12.3. The fourth-order valence-corrected chi connectivity index (χ4v) is 3.79. The molecule has 0 aromatic rings. The zero-order chi connectivity index (χ0) is 11.4. The molecule has 2 nitrogen and oxygen atoms in total. The van der Waals surface area contributed by atoms with Crippen LogP contribution in [0.2, 0.25) is 0 Å². The van der Waals surface area contributed by atoms with Crippen molar-refractivity contribution in [3.63, 3.8) is 0 Å². The highest BCUT2D eigenvalue weighted by atomic mass is 32.2. The van der Waals surface area contributed by atoms with E-state index in [-0.39, 0.29) is 0 Å². The van der Waals surface area contributed by atoms with Gasteiger partial charge in [-0.15, -0.1) is 18.2 Å². The molecule has 0 spiro atoms. The molecule has 0 aromatic carbocycles. The molecular formula is C13H22N2S. The highest BCUT2D eigenvalue weighted by Gasteiger charge is 2.36. The van der Waals surface area contributed by atoms with Crippen molar-refractivity contribution in [3.05, 3.63) is 0 Å². The second-order valence-corrected chi connectivity index (χ2v) is 6.07. The molecule has 0 saturated carbocycles. The van der Waals surface area contributed by atoms with E-state index in [4.69, 9.17) is 12.2 Å². The zero-order valence-corrected chi connectivity index (χ0v) is 10.7. The number of hydrogen-bond acceptors (Lipinski definition) is 3. The lowest BCUT2D eigenvalue weighted by Gasteiger charge is -2.48. The quantitative estimate of drug-likeness (QED) is 0.597. The largest absolute Gasteiger partial charge is 0.328 e. The summed E-state index contributed by atoms with van der Waals surface area (Å²) in [4.78, 5) is 2.70. The van der Waals surface area contributed by atoms with Gasteiger partial charge in [0, 0.05) is 30.4 Å². The zero-order valence-electron chi connectivity index (χ0n) is 9.90. The standard InChI is InChI=1S/C13H22N2S/c1-2-7-16-8-6-15-12-4-3-5-13(15)10-11(14)9-12/h1,11-13H,3-10,14H2. The minimum Gasteiger partial charge on any atom is -0.328 e. The number of terminal acetylenes is 1. The summed E-state index contributed by atoms with van der Waals surface area (Å²) < 4.78 is 0. The molecule has 90 valence electrons. The van der Waals surface area contributed by atoms with E-state index < -0.39 is 0 Å². The maximum absolute atomic E-state index is 6.11. The molecule has 2 aliphatic rings. The van der Waals surface area contributed by atoms with Crippen molar-refractivity contribution in [3.8, 4) is 12.3 Å². The van der Waals surface area contributed by atoms with Crippen LogP contribution in [0.1, 0.15) is 32.1 Å². The van der Waals surface area contributed by atoms with Gasteiger partial charge in [-0.1, -0.05) is 12.3 Å². The Morgan fingerprint density at radius 2 is 2.00 bits per heavy atom. The molecule has 2 fully saturated rings. The van der Waals surface area contributed by atoms with Crippen molar-refractivity contribution in [2.24, 2.45) is 5.73 Å². The predicted octanol–water partition coefficient (Wildman–Crippen LogP) is 1.70. The Balaban J connectivity index is 1.81. The topological polar surface area (TPSA) is 29.3 Å². The first-order valence-electron chi connectivity index (χ1n) is 6.34. The SMILES string of the molecule is C#CCSCCN1C2CCCC1CC(N)C2. The van der Waals surface area contributed by atoms with Crippen molar-refractivity contribution < 1.29 is 0 Å². The molecule has 2 heterocycles. The maximum atomic E-state index is 6.11. The van der Waals surface area contributed by atoms with Crippen LogP contribution in [0.25, 0.3) is 0 Å². The van der Waals surface area contributed by atoms with Crippen molar-refractivity contribution in [1.82, 2.24) is 4.90 Å². The lowest BCUT2D eigenvalue weighted by Crippen LogP contribution is -2.55. The number of hydrogen-bond donors (Lipinski definition) is 1. The van der Waals surface area contributed by atoms with Gasteiger partial charge in [-0.3, -0.25) is 4.90 Å². The Hall–Kier alpha value is -0.170. The Morgan fingerprint density at radius 3 is 2.62 bits per heavy atom. The van der Waals surface area contributed by atoms with Crippen LogP contribution in [-0.4, -0.2) is 41.1 Å². The fraction of sp³-hybridized carbons (Fsp3) is 0.846. The molecule has 2 atom stereocenters. The predicted molar refractivity (Wildman–Crippen MR) is 71.5 cm³/mol. The summed E-state index contributed by atoms with van der Waals surface area (Å²) in [5, 5.41) is 0. The smallest absolute Gasteiger partial charge is 0.0545 e. The van der Waals surface area contributed by atoms with Gasteiger partial charge < -0.3 is 5.73 Å². The first-order chi connectivity index (χ1) is 7.81. The number of fused-ring (bicyclic) bond motifs is 2. The molecule has 3 heteroatoms. The second-order valence-electron chi connectivity index (χ2n) is 4.96. The summed E-state index contributed by atoms with van der Waals surface area (Å²) in [6.45, 7) is 1.20. The Bertz CT molecular complexity index is 247. The molecule has 0 radical (unpaired) electrons. The van der Waals surface area contributed by atoms with Crippen LogP contribution >= 0.6 is 11.8 Å². The van der Waals surface area contributed by atoms with Crippen LogP contribution < -0.4 is 5.73 Å². The Kier molecular flexibility index (Phi) is 4.57. The van der Waals surface area contributed by atoms with Gasteiger partial charge in [0.1, 0.15) is 0 Å². The van der Waals surface area contributed by atoms with Gasteiger partial charge in [-0.05, 0) is 25.7 Å². The van der Waals surface area contributed by atoms with Gasteiger partial charge in [0.15, 0.2) is 0 Å². The van der Waals surface area contributed by atoms with E-state index in [1.165, 1.54) is 44.4 Å². The van der Waals surface area contributed by atoms with Crippen LogP contribution in [-0.2, 0) is 0 Å². The van der Waals surface area contributed by atoms with Gasteiger partial charge in [-0.2, -0.15) is 0 Å². The fourth-order valence-electron chi connectivity index (χ4n) is 3.19. The summed E-state index contributed by atoms with van der Waals surface area (Å²) in [6, 6.07) is 1.97. The Morgan fingerprint density at radius 1 is 1.31 bits per heavy atom. The van der Waals surface area contributed by atoms with Crippen LogP contribution in [0, 0.1) is 12.3 Å². The first-order valence-corrected chi connectivity index (χ1v) is 7.49. The van der Waals surface area contributed by atoms with Gasteiger partial charge in [-0.25, -0.2) is 0 Å². The van der Waals surface area contributed by atoms with Gasteiger partial charge >= 0.3 is 0 Å². The number of piperidine rings is 2. The van der Waals surface area contributed by atoms with Crippen molar-refractivity contribution >= 4 is 11.8 Å². The molecule has 2 aliphatic heterocycles. The van der Waals surface area contributed by atoms with Gasteiger partial charge in [0.2, 0.25) is 0 Å². The number of nitrogens with two attached hydrogens (primary N) is 1.